The number of carbonyl (C=O) groups is 2. The van der Waals surface area contributed by atoms with E-state index in [4.69, 9.17) is 14.9 Å². The summed E-state index contributed by atoms with van der Waals surface area (Å²) in [5.41, 5.74) is 0. The van der Waals surface area contributed by atoms with Crippen LogP contribution >= 0.6 is 15.9 Å². The van der Waals surface area contributed by atoms with Gasteiger partial charge in [-0.1, -0.05) is 15.9 Å². The van der Waals surface area contributed by atoms with Gasteiger partial charge in [0.15, 0.2) is 0 Å². The molecule has 0 aliphatic carbocycles. The molecular weight excluding hydrogens is 330 g/mol. The fourth-order valence-corrected chi connectivity index (χ4v) is 1.67. The smallest absolute Gasteiger partial charge is 0.328 e. The quantitative estimate of drug-likeness (QED) is 0.614. The summed E-state index contributed by atoms with van der Waals surface area (Å²) in [5, 5.41) is 19.6. The van der Waals surface area contributed by atoms with Crippen LogP contribution in [0.2, 0.25) is 0 Å². The molecule has 110 valence electrons. The van der Waals surface area contributed by atoms with Gasteiger partial charge in [-0.2, -0.15) is 0 Å². The fourth-order valence-electron chi connectivity index (χ4n) is 1.41. The van der Waals surface area contributed by atoms with Gasteiger partial charge >= 0.3 is 5.97 Å². The van der Waals surface area contributed by atoms with E-state index in [1.165, 1.54) is 0 Å². The molecule has 0 saturated carbocycles. The molecule has 0 spiro atoms. The van der Waals surface area contributed by atoms with Crippen molar-refractivity contribution in [2.45, 2.75) is 18.9 Å². The molecule has 0 bridgehead atoms. The molecule has 0 heterocycles. The summed E-state index contributed by atoms with van der Waals surface area (Å²) >= 11 is 3.31. The van der Waals surface area contributed by atoms with Gasteiger partial charge in [-0.15, -0.1) is 0 Å². The Morgan fingerprint density at radius 2 is 1.95 bits per heavy atom. The summed E-state index contributed by atoms with van der Waals surface area (Å²) in [4.78, 5) is 22.0. The third kappa shape index (κ3) is 6.03. The first-order chi connectivity index (χ1) is 9.52. The molecule has 1 atom stereocenters. The number of carbonyl (C=O) groups excluding carboxylic acids is 1. The number of aliphatic hydroxyl groups is 1. The van der Waals surface area contributed by atoms with Crippen LogP contribution < -0.4 is 10.1 Å². The molecule has 1 aromatic rings. The molecule has 7 heteroatoms. The van der Waals surface area contributed by atoms with Crippen LogP contribution in [0.25, 0.3) is 0 Å². The van der Waals surface area contributed by atoms with Crippen LogP contribution in [0.5, 0.6) is 5.75 Å². The molecule has 0 aromatic heterocycles. The van der Waals surface area contributed by atoms with E-state index >= 15 is 0 Å². The maximum atomic E-state index is 11.4. The predicted molar refractivity (Wildman–Crippen MR) is 75.5 cm³/mol. The van der Waals surface area contributed by atoms with Crippen molar-refractivity contribution in [1.82, 2.24) is 5.32 Å². The van der Waals surface area contributed by atoms with Crippen molar-refractivity contribution in [3.8, 4) is 5.75 Å². The summed E-state index contributed by atoms with van der Waals surface area (Å²) in [6.07, 6.45) is 0.597. The molecule has 3 N–H and O–H groups in total. The average Bonchev–Trinajstić information content (AvgIpc) is 2.42. The Morgan fingerprint density at radius 1 is 1.30 bits per heavy atom. The van der Waals surface area contributed by atoms with Gasteiger partial charge in [0.25, 0.3) is 0 Å². The number of carboxylic acid groups (broad SMARTS) is 1. The van der Waals surface area contributed by atoms with Crippen LogP contribution in [0, 0.1) is 0 Å². The van der Waals surface area contributed by atoms with Crippen LogP contribution in [0.4, 0.5) is 0 Å². The minimum atomic E-state index is -1.26. The zero-order chi connectivity index (χ0) is 15.0. The number of nitrogens with one attached hydrogen (secondary N) is 1. The van der Waals surface area contributed by atoms with Gasteiger partial charge in [0.05, 0.1) is 13.2 Å². The summed E-state index contributed by atoms with van der Waals surface area (Å²) in [7, 11) is 0. The Labute approximate surface area is 124 Å². The molecule has 6 nitrogen and oxygen atoms in total. The summed E-state index contributed by atoms with van der Waals surface area (Å²) < 4.78 is 6.38. The fraction of sp³-hybridized carbons (Fsp3) is 0.385. The minimum Gasteiger partial charge on any atom is -0.494 e. The molecule has 0 saturated heterocycles. The first-order valence-corrected chi connectivity index (χ1v) is 6.83. The number of amides is 1. The van der Waals surface area contributed by atoms with Crippen molar-refractivity contribution in [2.24, 2.45) is 0 Å². The van der Waals surface area contributed by atoms with Crippen molar-refractivity contribution in [3.63, 3.8) is 0 Å². The van der Waals surface area contributed by atoms with Crippen molar-refractivity contribution < 1.29 is 24.5 Å². The van der Waals surface area contributed by atoms with Crippen molar-refractivity contribution in [1.29, 1.82) is 0 Å². The summed E-state index contributed by atoms with van der Waals surface area (Å²) in [5.74, 6) is -0.981. The monoisotopic (exact) mass is 345 g/mol. The number of rotatable bonds is 8. The molecule has 0 fully saturated rings. The molecular formula is C13H16BrNO5. The maximum absolute atomic E-state index is 11.4. The van der Waals surface area contributed by atoms with Crippen LogP contribution in [-0.2, 0) is 9.59 Å². The van der Waals surface area contributed by atoms with Gasteiger partial charge in [-0.05, 0) is 30.7 Å². The van der Waals surface area contributed by atoms with Gasteiger partial charge in [0.1, 0.15) is 11.8 Å². The van der Waals surface area contributed by atoms with Crippen LogP contribution in [0.15, 0.2) is 28.7 Å². The van der Waals surface area contributed by atoms with Crippen molar-refractivity contribution in [3.05, 3.63) is 28.7 Å². The van der Waals surface area contributed by atoms with E-state index in [2.05, 4.69) is 21.2 Å². The molecule has 1 rings (SSSR count). The molecule has 20 heavy (non-hydrogen) atoms. The number of benzene rings is 1. The number of halogens is 1. The number of hydrogen-bond donors (Lipinski definition) is 3. The largest absolute Gasteiger partial charge is 0.494 e. The highest BCUT2D eigenvalue weighted by molar-refractivity contribution is 9.10. The third-order valence-corrected chi connectivity index (χ3v) is 2.98. The second-order valence-corrected chi connectivity index (χ2v) is 4.96. The minimum absolute atomic E-state index is 0.139. The van der Waals surface area contributed by atoms with Crippen LogP contribution in [0.3, 0.4) is 0 Å². The van der Waals surface area contributed by atoms with Gasteiger partial charge in [0, 0.05) is 10.9 Å². The lowest BCUT2D eigenvalue weighted by Gasteiger charge is -2.11. The lowest BCUT2D eigenvalue weighted by molar-refractivity contribution is -0.142. The van der Waals surface area contributed by atoms with E-state index in [-0.39, 0.29) is 6.42 Å². The number of hydrogen-bond acceptors (Lipinski definition) is 4. The van der Waals surface area contributed by atoms with E-state index in [0.29, 0.717) is 18.8 Å². The number of carboxylic acids is 1. The second kappa shape index (κ2) is 8.55. The first-order valence-electron chi connectivity index (χ1n) is 6.04. The Kier molecular flexibility index (Phi) is 7.03. The highest BCUT2D eigenvalue weighted by Crippen LogP contribution is 2.16. The zero-order valence-corrected chi connectivity index (χ0v) is 12.3. The van der Waals surface area contributed by atoms with Crippen LogP contribution in [0.1, 0.15) is 12.8 Å². The lowest BCUT2D eigenvalue weighted by atomic mass is 10.2. The number of ether oxygens (including phenoxy) is 1. The predicted octanol–water partition coefficient (Wildman–Crippen LogP) is 1.17. The van der Waals surface area contributed by atoms with Gasteiger partial charge in [-0.25, -0.2) is 4.79 Å². The van der Waals surface area contributed by atoms with E-state index in [1.54, 1.807) is 12.1 Å². The SMILES string of the molecule is O=C(CCCOc1ccc(Br)cc1)N[C@@H](CO)C(=O)O. The lowest BCUT2D eigenvalue weighted by Crippen LogP contribution is -2.43. The molecule has 0 aliphatic heterocycles. The van der Waals surface area contributed by atoms with Crippen LogP contribution in [-0.4, -0.2) is 41.3 Å². The number of aliphatic hydroxyl groups excluding tert-OH is 1. The third-order valence-electron chi connectivity index (χ3n) is 2.45. The molecule has 0 radical (unpaired) electrons. The van der Waals surface area contributed by atoms with E-state index < -0.39 is 24.5 Å². The highest BCUT2D eigenvalue weighted by Gasteiger charge is 2.18. The number of aliphatic carboxylic acids is 1. The molecule has 0 aliphatic rings. The van der Waals surface area contributed by atoms with Gasteiger partial charge in [-0.3, -0.25) is 4.79 Å². The highest BCUT2D eigenvalue weighted by atomic mass is 79.9. The van der Waals surface area contributed by atoms with E-state index in [9.17, 15) is 9.59 Å². The van der Waals surface area contributed by atoms with E-state index in [1.807, 2.05) is 12.1 Å². The summed E-state index contributed by atoms with van der Waals surface area (Å²) in [6.45, 7) is -0.275. The van der Waals surface area contributed by atoms with Gasteiger partial charge < -0.3 is 20.3 Å². The summed E-state index contributed by atoms with van der Waals surface area (Å²) in [6, 6.07) is 6.05. The standard InChI is InChI=1S/C13H16BrNO5/c14-9-3-5-10(6-4-9)20-7-1-2-12(17)15-11(8-16)13(18)19/h3-6,11,16H,1-2,7-8H2,(H,15,17)(H,18,19)/t11-/m0/s1. The molecule has 1 aromatic carbocycles. The Bertz CT molecular complexity index is 449. The molecule has 1 amide bonds. The topological polar surface area (TPSA) is 95.9 Å². The van der Waals surface area contributed by atoms with Gasteiger partial charge in [0.2, 0.25) is 5.91 Å². The van der Waals surface area contributed by atoms with Crippen molar-refractivity contribution in [2.75, 3.05) is 13.2 Å². The average molecular weight is 346 g/mol. The van der Waals surface area contributed by atoms with Crippen molar-refractivity contribution >= 4 is 27.8 Å². The Balaban J connectivity index is 2.22. The van der Waals surface area contributed by atoms with E-state index in [0.717, 1.165) is 4.47 Å². The first kappa shape index (κ1) is 16.5. The Morgan fingerprint density at radius 3 is 2.50 bits per heavy atom. The normalized spacial score (nSPS) is 11.7. The Hall–Kier alpha value is -1.60. The second-order valence-electron chi connectivity index (χ2n) is 4.05. The maximum Gasteiger partial charge on any atom is 0.328 e. The zero-order valence-electron chi connectivity index (χ0n) is 10.7. The molecule has 0 unspecified atom stereocenters.